The lowest BCUT2D eigenvalue weighted by molar-refractivity contribution is -0.176. The number of aliphatic hydroxyl groups is 1. The first kappa shape index (κ1) is 16.9. The molecule has 0 heterocycles. The van der Waals surface area contributed by atoms with Crippen LogP contribution in [0.5, 0.6) is 0 Å². The Hall–Kier alpha value is -1.10. The summed E-state index contributed by atoms with van der Waals surface area (Å²) >= 11 is 0. The number of carboxylic acids is 1. The standard InChI is InChI=1S/C13H24O5/c1-6-18-12(17)13(9(4)5,11(15)16)7-10(14)8(2)3/h8-10,14H,6-7H2,1-5H3,(H,15,16). The van der Waals surface area contributed by atoms with Crippen LogP contribution in [0.2, 0.25) is 0 Å². The van der Waals surface area contributed by atoms with Crippen LogP contribution in [-0.4, -0.2) is 34.9 Å². The fourth-order valence-corrected chi connectivity index (χ4v) is 1.80. The average molecular weight is 260 g/mol. The zero-order chi connectivity index (χ0) is 14.5. The van der Waals surface area contributed by atoms with Gasteiger partial charge in [-0.25, -0.2) is 0 Å². The average Bonchev–Trinajstić information content (AvgIpc) is 2.24. The summed E-state index contributed by atoms with van der Waals surface area (Å²) < 4.78 is 4.88. The van der Waals surface area contributed by atoms with Crippen LogP contribution in [0.3, 0.4) is 0 Å². The number of carboxylic acid groups (broad SMARTS) is 1. The first-order valence-electron chi connectivity index (χ1n) is 6.28. The summed E-state index contributed by atoms with van der Waals surface area (Å²) in [6.45, 7) is 8.61. The van der Waals surface area contributed by atoms with E-state index in [4.69, 9.17) is 4.74 Å². The van der Waals surface area contributed by atoms with Crippen molar-refractivity contribution in [2.75, 3.05) is 6.61 Å². The van der Waals surface area contributed by atoms with Crippen molar-refractivity contribution < 1.29 is 24.5 Å². The number of aliphatic hydroxyl groups excluding tert-OH is 1. The van der Waals surface area contributed by atoms with Crippen molar-refractivity contribution in [3.8, 4) is 0 Å². The molecule has 0 aromatic carbocycles. The molecule has 0 aliphatic carbocycles. The van der Waals surface area contributed by atoms with Crippen molar-refractivity contribution in [2.24, 2.45) is 17.3 Å². The van der Waals surface area contributed by atoms with Crippen LogP contribution in [0.25, 0.3) is 0 Å². The van der Waals surface area contributed by atoms with E-state index in [2.05, 4.69) is 0 Å². The van der Waals surface area contributed by atoms with Gasteiger partial charge in [-0.3, -0.25) is 9.59 Å². The Bertz CT molecular complexity index is 298. The zero-order valence-electron chi connectivity index (χ0n) is 11.8. The van der Waals surface area contributed by atoms with Crippen molar-refractivity contribution in [3.63, 3.8) is 0 Å². The molecule has 2 N–H and O–H groups in total. The summed E-state index contributed by atoms with van der Waals surface area (Å²) in [6.07, 6.45) is -0.982. The topological polar surface area (TPSA) is 83.8 Å². The highest BCUT2D eigenvalue weighted by molar-refractivity contribution is 5.99. The molecule has 2 atom stereocenters. The molecule has 0 aliphatic rings. The molecule has 5 heteroatoms. The quantitative estimate of drug-likeness (QED) is 0.537. The normalized spacial score (nSPS) is 16.4. The smallest absolute Gasteiger partial charge is 0.323 e. The van der Waals surface area contributed by atoms with Crippen LogP contribution in [0.15, 0.2) is 0 Å². The molecule has 0 saturated carbocycles. The molecular formula is C13H24O5. The molecule has 0 saturated heterocycles. The summed E-state index contributed by atoms with van der Waals surface area (Å²) in [5, 5.41) is 19.3. The third kappa shape index (κ3) is 3.45. The molecule has 0 radical (unpaired) electrons. The van der Waals surface area contributed by atoms with E-state index in [1.807, 2.05) is 0 Å². The third-order valence-corrected chi connectivity index (χ3v) is 3.31. The lowest BCUT2D eigenvalue weighted by Gasteiger charge is -2.33. The molecular weight excluding hydrogens is 236 g/mol. The van der Waals surface area contributed by atoms with Crippen molar-refractivity contribution in [1.82, 2.24) is 0 Å². The van der Waals surface area contributed by atoms with Crippen molar-refractivity contribution in [3.05, 3.63) is 0 Å². The van der Waals surface area contributed by atoms with Crippen molar-refractivity contribution in [2.45, 2.75) is 47.1 Å². The van der Waals surface area contributed by atoms with Crippen LogP contribution in [-0.2, 0) is 14.3 Å². The first-order valence-corrected chi connectivity index (χ1v) is 6.28. The molecule has 0 amide bonds. The minimum absolute atomic E-state index is 0.114. The molecule has 0 aliphatic heterocycles. The SMILES string of the molecule is CCOC(=O)C(CC(O)C(C)C)(C(=O)O)C(C)C. The Morgan fingerprint density at radius 1 is 1.22 bits per heavy atom. The van der Waals surface area contributed by atoms with E-state index < -0.39 is 29.4 Å². The van der Waals surface area contributed by atoms with Gasteiger partial charge in [0, 0.05) is 6.42 Å². The Kier molecular flexibility index (Phi) is 6.32. The van der Waals surface area contributed by atoms with Gasteiger partial charge < -0.3 is 14.9 Å². The Morgan fingerprint density at radius 3 is 2.00 bits per heavy atom. The van der Waals surface area contributed by atoms with E-state index in [1.165, 1.54) is 0 Å². The number of aliphatic carboxylic acids is 1. The number of hydrogen-bond donors (Lipinski definition) is 2. The summed E-state index contributed by atoms with van der Waals surface area (Å²) in [7, 11) is 0. The van der Waals surface area contributed by atoms with Gasteiger partial charge in [0.25, 0.3) is 0 Å². The predicted molar refractivity (Wildman–Crippen MR) is 67.0 cm³/mol. The molecule has 106 valence electrons. The first-order chi connectivity index (χ1) is 8.20. The molecule has 0 aromatic heterocycles. The molecule has 0 aromatic rings. The van der Waals surface area contributed by atoms with Crippen LogP contribution >= 0.6 is 0 Å². The van der Waals surface area contributed by atoms with Gasteiger partial charge in [-0.05, 0) is 18.8 Å². The maximum atomic E-state index is 12.0. The van der Waals surface area contributed by atoms with Gasteiger partial charge in [0.1, 0.15) is 0 Å². The van der Waals surface area contributed by atoms with Crippen molar-refractivity contribution in [1.29, 1.82) is 0 Å². The number of esters is 1. The van der Waals surface area contributed by atoms with Crippen LogP contribution in [0.4, 0.5) is 0 Å². The third-order valence-electron chi connectivity index (χ3n) is 3.31. The van der Waals surface area contributed by atoms with Gasteiger partial charge >= 0.3 is 11.9 Å². The number of ether oxygens (including phenoxy) is 1. The highest BCUT2D eigenvalue weighted by atomic mass is 16.5. The minimum atomic E-state index is -1.68. The highest BCUT2D eigenvalue weighted by Crippen LogP contribution is 2.36. The molecule has 2 unspecified atom stereocenters. The monoisotopic (exact) mass is 260 g/mol. The van der Waals surface area contributed by atoms with Crippen molar-refractivity contribution >= 4 is 11.9 Å². The maximum absolute atomic E-state index is 12.0. The second-order valence-electron chi connectivity index (χ2n) is 5.17. The second kappa shape index (κ2) is 6.73. The molecule has 18 heavy (non-hydrogen) atoms. The minimum Gasteiger partial charge on any atom is -0.480 e. The predicted octanol–water partition coefficient (Wildman–Crippen LogP) is 1.68. The largest absolute Gasteiger partial charge is 0.480 e. The number of hydrogen-bond acceptors (Lipinski definition) is 4. The number of rotatable bonds is 7. The molecule has 0 bridgehead atoms. The summed E-state index contributed by atoms with van der Waals surface area (Å²) in [4.78, 5) is 23.5. The van der Waals surface area contributed by atoms with E-state index in [0.29, 0.717) is 0 Å². The summed E-state index contributed by atoms with van der Waals surface area (Å²) in [5.41, 5.74) is -1.68. The summed E-state index contributed by atoms with van der Waals surface area (Å²) in [6, 6.07) is 0. The van der Waals surface area contributed by atoms with Gasteiger partial charge in [0.05, 0.1) is 12.7 Å². The fraction of sp³-hybridized carbons (Fsp3) is 0.846. The summed E-state index contributed by atoms with van der Waals surface area (Å²) in [5.74, 6) is -2.58. The molecule has 0 rings (SSSR count). The van der Waals surface area contributed by atoms with E-state index in [0.717, 1.165) is 0 Å². The number of carbonyl (C=O) groups excluding carboxylic acids is 1. The number of carbonyl (C=O) groups is 2. The van der Waals surface area contributed by atoms with E-state index >= 15 is 0 Å². The van der Waals surface area contributed by atoms with Gasteiger partial charge in [-0.15, -0.1) is 0 Å². The highest BCUT2D eigenvalue weighted by Gasteiger charge is 2.51. The lowest BCUT2D eigenvalue weighted by Crippen LogP contribution is -2.48. The second-order valence-corrected chi connectivity index (χ2v) is 5.17. The van der Waals surface area contributed by atoms with Crippen LogP contribution in [0, 0.1) is 17.3 Å². The Labute approximate surface area is 108 Å². The Balaban J connectivity index is 5.36. The van der Waals surface area contributed by atoms with Gasteiger partial charge in [-0.1, -0.05) is 27.7 Å². The van der Waals surface area contributed by atoms with Gasteiger partial charge in [-0.2, -0.15) is 0 Å². The van der Waals surface area contributed by atoms with Crippen LogP contribution in [0.1, 0.15) is 41.0 Å². The van der Waals surface area contributed by atoms with E-state index in [1.54, 1.807) is 34.6 Å². The molecule has 0 spiro atoms. The Morgan fingerprint density at radius 2 is 1.72 bits per heavy atom. The zero-order valence-corrected chi connectivity index (χ0v) is 11.8. The molecule has 0 fully saturated rings. The van der Waals surface area contributed by atoms with Gasteiger partial charge in [0.2, 0.25) is 0 Å². The van der Waals surface area contributed by atoms with Crippen LogP contribution < -0.4 is 0 Å². The lowest BCUT2D eigenvalue weighted by atomic mass is 9.71. The molecule has 5 nitrogen and oxygen atoms in total. The fourth-order valence-electron chi connectivity index (χ4n) is 1.80. The van der Waals surface area contributed by atoms with E-state index in [9.17, 15) is 19.8 Å². The van der Waals surface area contributed by atoms with E-state index in [-0.39, 0.29) is 18.9 Å². The maximum Gasteiger partial charge on any atom is 0.323 e. The van der Waals surface area contributed by atoms with Gasteiger partial charge in [0.15, 0.2) is 5.41 Å².